The molecular weight excluding hydrogens is 504 g/mol. The SMILES string of the molecule is COc1ccnc(C(=O)Nc2nc3c(Oc4ccc(F)cc4)cc(Oc4ccc(F)cc4)cc3s2)c1O. The molecule has 0 spiro atoms. The van der Waals surface area contributed by atoms with Gasteiger partial charge in [0.2, 0.25) is 0 Å². The molecule has 3 aromatic carbocycles. The first-order valence-electron chi connectivity index (χ1n) is 10.7. The highest BCUT2D eigenvalue weighted by atomic mass is 32.1. The molecule has 1 amide bonds. The van der Waals surface area contributed by atoms with Crippen LogP contribution in [0.3, 0.4) is 0 Å². The van der Waals surface area contributed by atoms with E-state index in [-0.39, 0.29) is 22.3 Å². The molecule has 0 saturated carbocycles. The number of rotatable bonds is 7. The van der Waals surface area contributed by atoms with Crippen molar-refractivity contribution in [2.75, 3.05) is 12.4 Å². The summed E-state index contributed by atoms with van der Waals surface area (Å²) >= 11 is 1.13. The van der Waals surface area contributed by atoms with E-state index in [9.17, 15) is 18.7 Å². The van der Waals surface area contributed by atoms with Crippen LogP contribution in [0.25, 0.3) is 10.2 Å². The van der Waals surface area contributed by atoms with Crippen LogP contribution < -0.4 is 19.5 Å². The minimum atomic E-state index is -0.695. The van der Waals surface area contributed by atoms with Gasteiger partial charge in [-0.25, -0.2) is 18.7 Å². The zero-order chi connectivity index (χ0) is 25.9. The molecule has 0 unspecified atom stereocenters. The van der Waals surface area contributed by atoms with E-state index in [1.807, 2.05) is 0 Å². The molecule has 0 aliphatic heterocycles. The highest BCUT2D eigenvalue weighted by Crippen LogP contribution is 2.40. The Hall–Kier alpha value is -4.77. The Bertz CT molecular complexity index is 1590. The van der Waals surface area contributed by atoms with E-state index in [0.717, 1.165) is 11.3 Å². The van der Waals surface area contributed by atoms with Crippen molar-refractivity contribution in [2.45, 2.75) is 0 Å². The summed E-state index contributed by atoms with van der Waals surface area (Å²) in [6.07, 6.45) is 1.33. The van der Waals surface area contributed by atoms with Gasteiger partial charge in [-0.05, 0) is 48.5 Å². The molecule has 0 aliphatic rings. The van der Waals surface area contributed by atoms with E-state index in [1.165, 1.54) is 67.9 Å². The molecule has 11 heteroatoms. The Morgan fingerprint density at radius 1 is 0.892 bits per heavy atom. The maximum atomic E-state index is 13.4. The lowest BCUT2D eigenvalue weighted by molar-refractivity contribution is 0.101. The average Bonchev–Trinajstić information content (AvgIpc) is 3.29. The highest BCUT2D eigenvalue weighted by Gasteiger charge is 2.20. The molecule has 186 valence electrons. The Kier molecular flexibility index (Phi) is 6.52. The molecule has 2 N–H and O–H groups in total. The number of nitrogens with one attached hydrogen (secondary N) is 1. The Labute approximate surface area is 212 Å². The molecule has 0 aliphatic carbocycles. The van der Waals surface area contributed by atoms with Gasteiger partial charge >= 0.3 is 0 Å². The number of carbonyl (C=O) groups is 1. The standard InChI is InChI=1S/C26H17F2N3O5S/c1-34-19-10-11-29-23(24(19)32)25(33)31-26-30-22-20(36-17-8-4-15(28)5-9-17)12-18(13-21(22)37-26)35-16-6-2-14(27)3-7-16/h2-13,32H,1H3,(H,30,31,33). The number of aromatic hydroxyl groups is 1. The number of hydrogen-bond acceptors (Lipinski definition) is 8. The second kappa shape index (κ2) is 10.1. The number of hydrogen-bond donors (Lipinski definition) is 2. The predicted molar refractivity (Wildman–Crippen MR) is 133 cm³/mol. The van der Waals surface area contributed by atoms with Crippen molar-refractivity contribution in [1.82, 2.24) is 9.97 Å². The summed E-state index contributed by atoms with van der Waals surface area (Å²) in [7, 11) is 1.36. The quantitative estimate of drug-likeness (QED) is 0.251. The number of carbonyl (C=O) groups excluding carboxylic acids is 1. The second-order valence-electron chi connectivity index (χ2n) is 7.56. The molecule has 5 aromatic rings. The number of nitrogens with zero attached hydrogens (tertiary/aromatic N) is 2. The average molecular weight is 522 g/mol. The van der Waals surface area contributed by atoms with Crippen molar-refractivity contribution in [1.29, 1.82) is 0 Å². The fraction of sp³-hybridized carbons (Fsp3) is 0.0385. The van der Waals surface area contributed by atoms with E-state index in [4.69, 9.17) is 14.2 Å². The number of methoxy groups -OCH3 is 1. The van der Waals surface area contributed by atoms with Crippen LogP contribution in [-0.2, 0) is 0 Å². The monoisotopic (exact) mass is 521 g/mol. The smallest absolute Gasteiger partial charge is 0.280 e. The number of fused-ring (bicyclic) bond motifs is 1. The van der Waals surface area contributed by atoms with Gasteiger partial charge in [0.05, 0.1) is 11.8 Å². The van der Waals surface area contributed by atoms with Gasteiger partial charge in [0.15, 0.2) is 28.1 Å². The third-order valence-corrected chi connectivity index (χ3v) is 5.98. The number of amides is 1. The Morgan fingerprint density at radius 2 is 1.54 bits per heavy atom. The summed E-state index contributed by atoms with van der Waals surface area (Å²) in [4.78, 5) is 21.2. The number of pyridine rings is 1. The maximum absolute atomic E-state index is 13.4. The molecule has 0 saturated heterocycles. The van der Waals surface area contributed by atoms with E-state index in [1.54, 1.807) is 12.1 Å². The molecule has 0 atom stereocenters. The molecule has 2 heterocycles. The Balaban J connectivity index is 1.50. The van der Waals surface area contributed by atoms with Gasteiger partial charge < -0.3 is 19.3 Å². The van der Waals surface area contributed by atoms with Crippen molar-refractivity contribution in [2.24, 2.45) is 0 Å². The van der Waals surface area contributed by atoms with Crippen LogP contribution >= 0.6 is 11.3 Å². The van der Waals surface area contributed by atoms with Gasteiger partial charge in [0.25, 0.3) is 5.91 Å². The fourth-order valence-corrected chi connectivity index (χ4v) is 4.26. The van der Waals surface area contributed by atoms with Crippen LogP contribution in [0.5, 0.6) is 34.5 Å². The van der Waals surface area contributed by atoms with Crippen LogP contribution in [-0.4, -0.2) is 28.1 Å². The summed E-state index contributed by atoms with van der Waals surface area (Å²) in [5, 5.41) is 13.1. The van der Waals surface area contributed by atoms with Crippen molar-refractivity contribution >= 4 is 32.6 Å². The summed E-state index contributed by atoms with van der Waals surface area (Å²) in [6, 6.07) is 15.6. The predicted octanol–water partition coefficient (Wildman–Crippen LogP) is 6.52. The van der Waals surface area contributed by atoms with Gasteiger partial charge in [0, 0.05) is 24.4 Å². The maximum Gasteiger partial charge on any atom is 0.280 e. The first-order chi connectivity index (χ1) is 17.9. The number of anilines is 1. The first-order valence-corrected chi connectivity index (χ1v) is 11.6. The zero-order valence-electron chi connectivity index (χ0n) is 19.1. The van der Waals surface area contributed by atoms with Gasteiger partial charge in [-0.1, -0.05) is 11.3 Å². The topological polar surface area (TPSA) is 103 Å². The van der Waals surface area contributed by atoms with Gasteiger partial charge in [-0.15, -0.1) is 0 Å². The van der Waals surface area contributed by atoms with Crippen molar-refractivity contribution < 1.29 is 32.9 Å². The number of benzene rings is 3. The zero-order valence-corrected chi connectivity index (χ0v) is 19.9. The van der Waals surface area contributed by atoms with Crippen molar-refractivity contribution in [3.8, 4) is 34.5 Å². The van der Waals surface area contributed by atoms with E-state index < -0.39 is 23.3 Å². The number of ether oxygens (including phenoxy) is 3. The molecule has 0 radical (unpaired) electrons. The third kappa shape index (κ3) is 5.26. The van der Waals surface area contributed by atoms with Gasteiger partial charge in [-0.2, -0.15) is 0 Å². The van der Waals surface area contributed by atoms with E-state index in [0.29, 0.717) is 27.5 Å². The lowest BCUT2D eigenvalue weighted by atomic mass is 10.2. The van der Waals surface area contributed by atoms with Crippen LogP contribution in [0.2, 0.25) is 0 Å². The Morgan fingerprint density at radius 3 is 2.19 bits per heavy atom. The molecule has 0 bridgehead atoms. The highest BCUT2D eigenvalue weighted by molar-refractivity contribution is 7.22. The largest absolute Gasteiger partial charge is 0.503 e. The first kappa shape index (κ1) is 23.9. The number of halogens is 2. The lowest BCUT2D eigenvalue weighted by Gasteiger charge is -2.10. The normalized spacial score (nSPS) is 10.8. The second-order valence-corrected chi connectivity index (χ2v) is 8.59. The molecule has 8 nitrogen and oxygen atoms in total. The van der Waals surface area contributed by atoms with E-state index >= 15 is 0 Å². The molecule has 37 heavy (non-hydrogen) atoms. The lowest BCUT2D eigenvalue weighted by Crippen LogP contribution is -2.13. The summed E-state index contributed by atoms with van der Waals surface area (Å²) < 4.78 is 44.1. The number of aromatic nitrogens is 2. The summed E-state index contributed by atoms with van der Waals surface area (Å²) in [5.41, 5.74) is 0.167. The molecular formula is C26H17F2N3O5S. The van der Waals surface area contributed by atoms with E-state index in [2.05, 4.69) is 15.3 Å². The van der Waals surface area contributed by atoms with Crippen molar-refractivity contribution in [3.05, 3.63) is 90.3 Å². The minimum Gasteiger partial charge on any atom is -0.503 e. The fourth-order valence-electron chi connectivity index (χ4n) is 3.36. The van der Waals surface area contributed by atoms with Crippen LogP contribution in [0, 0.1) is 11.6 Å². The van der Waals surface area contributed by atoms with Gasteiger partial charge in [0.1, 0.15) is 34.4 Å². The van der Waals surface area contributed by atoms with Crippen LogP contribution in [0.4, 0.5) is 13.9 Å². The third-order valence-electron chi connectivity index (χ3n) is 5.07. The van der Waals surface area contributed by atoms with Crippen LogP contribution in [0.15, 0.2) is 72.9 Å². The molecule has 5 rings (SSSR count). The number of thiazole rings is 1. The van der Waals surface area contributed by atoms with Gasteiger partial charge in [-0.3, -0.25) is 10.1 Å². The van der Waals surface area contributed by atoms with Crippen molar-refractivity contribution in [3.63, 3.8) is 0 Å². The minimum absolute atomic E-state index is 0.0991. The summed E-state index contributed by atoms with van der Waals surface area (Å²) in [5.74, 6) is -0.427. The van der Waals surface area contributed by atoms with Crippen LogP contribution in [0.1, 0.15) is 10.5 Å². The molecule has 2 aromatic heterocycles. The summed E-state index contributed by atoms with van der Waals surface area (Å²) in [6.45, 7) is 0. The molecule has 0 fully saturated rings.